The molecule has 1 aliphatic heterocycles. The number of aliphatic carboxylic acids is 1. The lowest BCUT2D eigenvalue weighted by atomic mass is 10.0. The molecule has 11 heteroatoms. The summed E-state index contributed by atoms with van der Waals surface area (Å²) in [5.41, 5.74) is 4.95. The molecule has 2 heterocycles. The number of likely N-dealkylation sites (tertiary alicyclic amines) is 1. The van der Waals surface area contributed by atoms with Gasteiger partial charge in [0, 0.05) is 12.7 Å². The number of carbonyl (C=O) groups excluding carboxylic acids is 2. The molecule has 1 aliphatic rings. The van der Waals surface area contributed by atoms with Gasteiger partial charge in [-0.15, -0.1) is 0 Å². The second kappa shape index (κ2) is 7.01. The number of primary amides is 1. The Morgan fingerprint density at radius 1 is 1.38 bits per heavy atom. The summed E-state index contributed by atoms with van der Waals surface area (Å²) in [6.45, 7) is -0.295. The highest BCUT2D eigenvalue weighted by Crippen LogP contribution is 2.17. The molecule has 10 nitrogen and oxygen atoms in total. The fraction of sp³-hybridized carbons (Fsp3) is 0.462. The number of aromatic nitrogens is 1. The molecule has 132 valence electrons. The zero-order valence-corrected chi connectivity index (χ0v) is 13.5. The van der Waals surface area contributed by atoms with Gasteiger partial charge in [0.2, 0.25) is 15.9 Å². The molecule has 0 radical (unpaired) electrons. The zero-order chi connectivity index (χ0) is 17.9. The molecule has 0 bridgehead atoms. The summed E-state index contributed by atoms with van der Waals surface area (Å²) in [5, 5.41) is 9.14. The van der Waals surface area contributed by atoms with Crippen molar-refractivity contribution in [2.24, 2.45) is 5.73 Å². The minimum absolute atomic E-state index is 0.0799. The number of rotatable bonds is 6. The van der Waals surface area contributed by atoms with Crippen LogP contribution in [0.15, 0.2) is 17.2 Å². The highest BCUT2D eigenvalue weighted by molar-refractivity contribution is 7.89. The third-order valence-corrected chi connectivity index (χ3v) is 5.13. The number of H-pyrrole nitrogens is 1. The number of hydrogen-bond acceptors (Lipinski definition) is 5. The number of nitrogens with zero attached hydrogens (tertiary/aromatic N) is 1. The first-order valence-electron chi connectivity index (χ1n) is 7.22. The maximum absolute atomic E-state index is 12.2. The number of hydrogen-bond donors (Lipinski definition) is 4. The lowest BCUT2D eigenvalue weighted by molar-refractivity contribution is -0.151. The van der Waals surface area contributed by atoms with E-state index in [-0.39, 0.29) is 17.1 Å². The Kier molecular flexibility index (Phi) is 5.24. The molecule has 5 N–H and O–H groups in total. The van der Waals surface area contributed by atoms with Crippen LogP contribution in [0.2, 0.25) is 0 Å². The van der Waals surface area contributed by atoms with Crippen molar-refractivity contribution in [2.75, 3.05) is 13.1 Å². The lowest BCUT2D eigenvalue weighted by Crippen LogP contribution is -2.51. The Labute approximate surface area is 138 Å². The summed E-state index contributed by atoms with van der Waals surface area (Å²) >= 11 is 0. The van der Waals surface area contributed by atoms with Gasteiger partial charge < -0.3 is 20.7 Å². The van der Waals surface area contributed by atoms with Crippen LogP contribution in [0.1, 0.15) is 29.8 Å². The molecule has 1 fully saturated rings. The van der Waals surface area contributed by atoms with E-state index in [1.54, 1.807) is 0 Å². The third kappa shape index (κ3) is 3.92. The van der Waals surface area contributed by atoms with E-state index in [2.05, 4.69) is 9.71 Å². The van der Waals surface area contributed by atoms with Gasteiger partial charge >= 0.3 is 5.97 Å². The van der Waals surface area contributed by atoms with Gasteiger partial charge in [0.15, 0.2) is 0 Å². The van der Waals surface area contributed by atoms with Crippen LogP contribution in [-0.4, -0.2) is 60.3 Å². The number of amides is 2. The molecule has 0 saturated carbocycles. The van der Waals surface area contributed by atoms with Crippen LogP contribution < -0.4 is 10.5 Å². The summed E-state index contributed by atoms with van der Waals surface area (Å²) in [5.74, 6) is -2.54. The van der Waals surface area contributed by atoms with E-state index >= 15 is 0 Å². The number of sulfonamides is 1. The Morgan fingerprint density at radius 2 is 2.08 bits per heavy atom. The molecule has 0 aliphatic carbocycles. The van der Waals surface area contributed by atoms with Gasteiger partial charge in [0.05, 0.1) is 6.54 Å². The number of carboxylic acid groups (broad SMARTS) is 1. The molecular formula is C13H18N4O6S. The summed E-state index contributed by atoms with van der Waals surface area (Å²) in [4.78, 5) is 37.7. The molecule has 1 aromatic rings. The number of nitrogens with one attached hydrogen (secondary N) is 2. The van der Waals surface area contributed by atoms with E-state index in [1.807, 2.05) is 0 Å². The molecule has 2 rings (SSSR count). The second-order valence-electron chi connectivity index (χ2n) is 5.37. The van der Waals surface area contributed by atoms with Gasteiger partial charge in [-0.25, -0.2) is 17.9 Å². The maximum Gasteiger partial charge on any atom is 0.326 e. The van der Waals surface area contributed by atoms with Gasteiger partial charge in [-0.3, -0.25) is 9.59 Å². The average Bonchev–Trinajstić information content (AvgIpc) is 3.04. The van der Waals surface area contributed by atoms with Crippen LogP contribution in [0.5, 0.6) is 0 Å². The lowest BCUT2D eigenvalue weighted by Gasteiger charge is -2.32. The number of carboxylic acids is 1. The topological polar surface area (TPSA) is 163 Å². The minimum Gasteiger partial charge on any atom is -0.480 e. The number of piperidine rings is 1. The molecular weight excluding hydrogens is 340 g/mol. The van der Waals surface area contributed by atoms with Crippen molar-refractivity contribution in [1.82, 2.24) is 14.6 Å². The molecule has 2 amide bonds. The Hall–Kier alpha value is -2.40. The average molecular weight is 358 g/mol. The highest BCUT2D eigenvalue weighted by atomic mass is 32.2. The SMILES string of the molecule is NC(=O)c1cc(S(=O)(=O)NCC(=O)N2CCCCC2C(=O)O)c[nH]1. The van der Waals surface area contributed by atoms with Gasteiger partial charge in [0.1, 0.15) is 16.6 Å². The van der Waals surface area contributed by atoms with E-state index < -0.39 is 40.4 Å². The monoisotopic (exact) mass is 358 g/mol. The van der Waals surface area contributed by atoms with Crippen LogP contribution in [0.4, 0.5) is 0 Å². The van der Waals surface area contributed by atoms with Crippen molar-refractivity contribution < 1.29 is 27.9 Å². The summed E-state index contributed by atoms with van der Waals surface area (Å²) in [6.07, 6.45) is 2.79. The second-order valence-corrected chi connectivity index (χ2v) is 7.14. The Bertz CT molecular complexity index is 756. The first kappa shape index (κ1) is 17.9. The fourth-order valence-electron chi connectivity index (χ4n) is 2.50. The molecule has 1 saturated heterocycles. The van der Waals surface area contributed by atoms with Crippen LogP contribution in [-0.2, 0) is 19.6 Å². The van der Waals surface area contributed by atoms with Gasteiger partial charge in [-0.2, -0.15) is 0 Å². The zero-order valence-electron chi connectivity index (χ0n) is 12.7. The van der Waals surface area contributed by atoms with Crippen LogP contribution >= 0.6 is 0 Å². The number of nitrogens with two attached hydrogens (primary N) is 1. The smallest absolute Gasteiger partial charge is 0.326 e. The minimum atomic E-state index is -4.03. The van der Waals surface area contributed by atoms with Crippen molar-refractivity contribution >= 4 is 27.8 Å². The van der Waals surface area contributed by atoms with Crippen molar-refractivity contribution in [3.8, 4) is 0 Å². The molecule has 1 atom stereocenters. The van der Waals surface area contributed by atoms with Gasteiger partial charge in [-0.1, -0.05) is 0 Å². The standard InChI is InChI=1S/C13H18N4O6S/c14-12(19)9-5-8(6-15-9)24(22,23)16-7-11(18)17-4-2-1-3-10(17)13(20)21/h5-6,10,15-16H,1-4,7H2,(H2,14,19)(H,20,21). The number of carbonyl (C=O) groups is 3. The summed E-state index contributed by atoms with van der Waals surface area (Å²) in [6, 6.07) is 0.111. The highest BCUT2D eigenvalue weighted by Gasteiger charge is 2.32. The van der Waals surface area contributed by atoms with E-state index in [0.29, 0.717) is 19.3 Å². The van der Waals surface area contributed by atoms with E-state index in [0.717, 1.165) is 12.3 Å². The molecule has 1 aromatic heterocycles. The Balaban J connectivity index is 2.03. The van der Waals surface area contributed by atoms with E-state index in [9.17, 15) is 22.8 Å². The van der Waals surface area contributed by atoms with Crippen LogP contribution in [0.3, 0.4) is 0 Å². The predicted octanol–water partition coefficient (Wildman–Crippen LogP) is -1.14. The first-order valence-corrected chi connectivity index (χ1v) is 8.71. The van der Waals surface area contributed by atoms with E-state index in [4.69, 9.17) is 10.8 Å². The molecule has 24 heavy (non-hydrogen) atoms. The van der Waals surface area contributed by atoms with Crippen LogP contribution in [0.25, 0.3) is 0 Å². The van der Waals surface area contributed by atoms with Gasteiger partial charge in [-0.05, 0) is 25.3 Å². The summed E-state index contributed by atoms with van der Waals surface area (Å²) < 4.78 is 26.3. The van der Waals surface area contributed by atoms with Crippen molar-refractivity contribution in [1.29, 1.82) is 0 Å². The van der Waals surface area contributed by atoms with Crippen molar-refractivity contribution in [3.63, 3.8) is 0 Å². The predicted molar refractivity (Wildman–Crippen MR) is 81.5 cm³/mol. The van der Waals surface area contributed by atoms with Crippen LogP contribution in [0, 0.1) is 0 Å². The Morgan fingerprint density at radius 3 is 2.67 bits per heavy atom. The number of aromatic amines is 1. The summed E-state index contributed by atoms with van der Waals surface area (Å²) in [7, 11) is -4.03. The van der Waals surface area contributed by atoms with Crippen molar-refractivity contribution in [3.05, 3.63) is 18.0 Å². The van der Waals surface area contributed by atoms with E-state index in [1.165, 1.54) is 4.90 Å². The third-order valence-electron chi connectivity index (χ3n) is 3.75. The van der Waals surface area contributed by atoms with Gasteiger partial charge in [0.25, 0.3) is 5.91 Å². The normalized spacial score (nSPS) is 18.3. The fourth-order valence-corrected chi connectivity index (χ4v) is 3.47. The molecule has 1 unspecified atom stereocenters. The van der Waals surface area contributed by atoms with Crippen molar-refractivity contribution in [2.45, 2.75) is 30.2 Å². The quantitative estimate of drug-likeness (QED) is 0.502. The maximum atomic E-state index is 12.2. The molecule has 0 spiro atoms. The largest absolute Gasteiger partial charge is 0.480 e. The molecule has 0 aromatic carbocycles. The first-order chi connectivity index (χ1) is 11.2.